The van der Waals surface area contributed by atoms with E-state index in [9.17, 15) is 4.79 Å². The van der Waals surface area contributed by atoms with E-state index < -0.39 is 0 Å². The summed E-state index contributed by atoms with van der Waals surface area (Å²) in [6.07, 6.45) is 4.70. The van der Waals surface area contributed by atoms with Crippen molar-refractivity contribution < 1.29 is 4.79 Å². The number of nitrogens with zero attached hydrogens (tertiary/aromatic N) is 1. The number of rotatable bonds is 5. The van der Waals surface area contributed by atoms with E-state index in [0.29, 0.717) is 6.04 Å². The molecule has 0 heterocycles. The van der Waals surface area contributed by atoms with Crippen LogP contribution in [0.4, 0.5) is 11.4 Å². The third kappa shape index (κ3) is 3.65. The molecule has 1 unspecified atom stereocenters. The summed E-state index contributed by atoms with van der Waals surface area (Å²) < 4.78 is 0. The van der Waals surface area contributed by atoms with Crippen molar-refractivity contribution >= 4 is 17.3 Å². The van der Waals surface area contributed by atoms with Gasteiger partial charge in [0.25, 0.3) is 0 Å². The van der Waals surface area contributed by atoms with Gasteiger partial charge in [-0.2, -0.15) is 0 Å². The third-order valence-corrected chi connectivity index (χ3v) is 3.85. The van der Waals surface area contributed by atoms with Crippen LogP contribution >= 0.6 is 0 Å². The van der Waals surface area contributed by atoms with Crippen molar-refractivity contribution in [2.45, 2.75) is 44.7 Å². The molecule has 2 N–H and O–H groups in total. The van der Waals surface area contributed by atoms with Gasteiger partial charge in [0.1, 0.15) is 6.04 Å². The Hall–Kier alpha value is -1.71. The lowest BCUT2D eigenvalue weighted by Gasteiger charge is -2.22. The smallest absolute Gasteiger partial charge is 0.242 e. The summed E-state index contributed by atoms with van der Waals surface area (Å²) in [5, 5.41) is 6.44. The number of hydrogen-bond donors (Lipinski definition) is 2. The van der Waals surface area contributed by atoms with E-state index >= 15 is 0 Å². The molecule has 2 rings (SSSR count). The molecule has 0 aromatic heterocycles. The zero-order chi connectivity index (χ0) is 14.5. The quantitative estimate of drug-likeness (QED) is 0.868. The molecule has 0 saturated heterocycles. The number of para-hydroxylation sites is 2. The standard InChI is InChI=1S/C16H25N3O/c1-12(16(20)18-13-8-4-5-9-13)17-14-10-6-7-11-15(14)19(2)3/h6-7,10-13,17H,4-5,8-9H2,1-3H3,(H,18,20). The molecular weight excluding hydrogens is 250 g/mol. The lowest BCUT2D eigenvalue weighted by molar-refractivity contribution is -0.122. The number of carbonyl (C=O) groups is 1. The first-order chi connectivity index (χ1) is 9.58. The highest BCUT2D eigenvalue weighted by molar-refractivity contribution is 5.86. The molecule has 0 bridgehead atoms. The first kappa shape index (κ1) is 14.7. The summed E-state index contributed by atoms with van der Waals surface area (Å²) in [7, 11) is 4.01. The van der Waals surface area contributed by atoms with E-state index in [1.54, 1.807) is 0 Å². The predicted molar refractivity (Wildman–Crippen MR) is 84.3 cm³/mol. The van der Waals surface area contributed by atoms with E-state index in [4.69, 9.17) is 0 Å². The molecule has 1 saturated carbocycles. The summed E-state index contributed by atoms with van der Waals surface area (Å²) in [5.41, 5.74) is 2.08. The SMILES string of the molecule is CC(Nc1ccccc1N(C)C)C(=O)NC1CCCC1. The lowest BCUT2D eigenvalue weighted by Crippen LogP contribution is -2.42. The van der Waals surface area contributed by atoms with E-state index in [0.717, 1.165) is 24.2 Å². The van der Waals surface area contributed by atoms with Gasteiger partial charge in [0.2, 0.25) is 5.91 Å². The van der Waals surface area contributed by atoms with Crippen molar-refractivity contribution in [2.75, 3.05) is 24.3 Å². The van der Waals surface area contributed by atoms with Crippen molar-refractivity contribution in [1.82, 2.24) is 5.32 Å². The molecule has 0 spiro atoms. The van der Waals surface area contributed by atoms with Crippen LogP contribution in [0.3, 0.4) is 0 Å². The second-order valence-electron chi connectivity index (χ2n) is 5.77. The summed E-state index contributed by atoms with van der Waals surface area (Å²) in [4.78, 5) is 14.2. The van der Waals surface area contributed by atoms with Crippen molar-refractivity contribution in [3.8, 4) is 0 Å². The highest BCUT2D eigenvalue weighted by Crippen LogP contribution is 2.24. The van der Waals surface area contributed by atoms with E-state index in [2.05, 4.69) is 10.6 Å². The number of nitrogens with one attached hydrogen (secondary N) is 2. The fraction of sp³-hybridized carbons (Fsp3) is 0.562. The van der Waals surface area contributed by atoms with Crippen LogP contribution in [0.2, 0.25) is 0 Å². The second kappa shape index (κ2) is 6.64. The van der Waals surface area contributed by atoms with E-state index in [-0.39, 0.29) is 11.9 Å². The van der Waals surface area contributed by atoms with Crippen molar-refractivity contribution in [3.63, 3.8) is 0 Å². The summed E-state index contributed by atoms with van der Waals surface area (Å²) in [6.45, 7) is 1.91. The molecule has 1 aliphatic rings. The van der Waals surface area contributed by atoms with Gasteiger partial charge in [0.05, 0.1) is 11.4 Å². The number of carbonyl (C=O) groups excluding carboxylic acids is 1. The van der Waals surface area contributed by atoms with Crippen LogP contribution in [0, 0.1) is 0 Å². The van der Waals surface area contributed by atoms with Gasteiger partial charge in [-0.25, -0.2) is 0 Å². The Morgan fingerprint density at radius 2 is 1.90 bits per heavy atom. The number of hydrogen-bond acceptors (Lipinski definition) is 3. The molecular formula is C16H25N3O. The number of amides is 1. The topological polar surface area (TPSA) is 44.4 Å². The first-order valence-corrected chi connectivity index (χ1v) is 7.41. The van der Waals surface area contributed by atoms with Crippen LogP contribution < -0.4 is 15.5 Å². The van der Waals surface area contributed by atoms with Crippen LogP contribution in [0.15, 0.2) is 24.3 Å². The zero-order valence-corrected chi connectivity index (χ0v) is 12.6. The van der Waals surface area contributed by atoms with Gasteiger partial charge in [0.15, 0.2) is 0 Å². The fourth-order valence-corrected chi connectivity index (χ4v) is 2.68. The minimum atomic E-state index is -0.225. The average molecular weight is 275 g/mol. The maximum absolute atomic E-state index is 12.2. The molecule has 0 aliphatic heterocycles. The predicted octanol–water partition coefficient (Wildman–Crippen LogP) is 2.61. The third-order valence-electron chi connectivity index (χ3n) is 3.85. The molecule has 1 amide bonds. The summed E-state index contributed by atoms with van der Waals surface area (Å²) in [5.74, 6) is 0.0884. The number of benzene rings is 1. The highest BCUT2D eigenvalue weighted by atomic mass is 16.2. The van der Waals surface area contributed by atoms with Crippen LogP contribution in [0.25, 0.3) is 0 Å². The Kier molecular flexibility index (Phi) is 4.88. The van der Waals surface area contributed by atoms with Crippen LogP contribution in [-0.4, -0.2) is 32.1 Å². The maximum Gasteiger partial charge on any atom is 0.242 e. The molecule has 1 fully saturated rings. The van der Waals surface area contributed by atoms with Gasteiger partial charge < -0.3 is 15.5 Å². The summed E-state index contributed by atoms with van der Waals surface area (Å²) in [6, 6.07) is 8.19. The van der Waals surface area contributed by atoms with E-state index in [1.165, 1.54) is 12.8 Å². The van der Waals surface area contributed by atoms with Crippen molar-refractivity contribution in [2.24, 2.45) is 0 Å². The molecule has 20 heavy (non-hydrogen) atoms. The van der Waals surface area contributed by atoms with Gasteiger partial charge in [-0.05, 0) is 31.9 Å². The second-order valence-corrected chi connectivity index (χ2v) is 5.77. The van der Waals surface area contributed by atoms with Gasteiger partial charge in [0, 0.05) is 20.1 Å². The van der Waals surface area contributed by atoms with Crippen LogP contribution in [-0.2, 0) is 4.79 Å². The molecule has 1 aliphatic carbocycles. The minimum Gasteiger partial charge on any atom is -0.376 e. The van der Waals surface area contributed by atoms with Crippen LogP contribution in [0.1, 0.15) is 32.6 Å². The Balaban J connectivity index is 1.96. The first-order valence-electron chi connectivity index (χ1n) is 7.41. The average Bonchev–Trinajstić information content (AvgIpc) is 2.91. The Labute approximate surface area is 121 Å². The van der Waals surface area contributed by atoms with Gasteiger partial charge in [-0.15, -0.1) is 0 Å². The monoisotopic (exact) mass is 275 g/mol. The Morgan fingerprint density at radius 1 is 1.25 bits per heavy atom. The molecule has 110 valence electrons. The van der Waals surface area contributed by atoms with Crippen molar-refractivity contribution in [1.29, 1.82) is 0 Å². The Bertz CT molecular complexity index is 453. The number of anilines is 2. The Morgan fingerprint density at radius 3 is 2.55 bits per heavy atom. The van der Waals surface area contributed by atoms with Crippen LogP contribution in [0.5, 0.6) is 0 Å². The van der Waals surface area contributed by atoms with E-state index in [1.807, 2.05) is 50.2 Å². The normalized spacial score (nSPS) is 16.8. The molecule has 0 radical (unpaired) electrons. The highest BCUT2D eigenvalue weighted by Gasteiger charge is 2.21. The molecule has 4 heteroatoms. The molecule has 4 nitrogen and oxygen atoms in total. The van der Waals surface area contributed by atoms with Gasteiger partial charge in [-0.3, -0.25) is 4.79 Å². The summed E-state index contributed by atoms with van der Waals surface area (Å²) >= 11 is 0. The van der Waals surface area contributed by atoms with Gasteiger partial charge in [-0.1, -0.05) is 25.0 Å². The molecule has 1 aromatic rings. The molecule has 1 aromatic carbocycles. The maximum atomic E-state index is 12.2. The largest absolute Gasteiger partial charge is 0.376 e. The van der Waals surface area contributed by atoms with Crippen molar-refractivity contribution in [3.05, 3.63) is 24.3 Å². The molecule has 1 atom stereocenters. The lowest BCUT2D eigenvalue weighted by atomic mass is 10.2. The fourth-order valence-electron chi connectivity index (χ4n) is 2.68. The zero-order valence-electron chi connectivity index (χ0n) is 12.6. The van der Waals surface area contributed by atoms with Gasteiger partial charge >= 0.3 is 0 Å². The minimum absolute atomic E-state index is 0.0884.